The Morgan fingerprint density at radius 3 is 2.30 bits per heavy atom. The maximum atomic E-state index is 12.7. The van der Waals surface area contributed by atoms with Gasteiger partial charge in [0.1, 0.15) is 6.04 Å². The third kappa shape index (κ3) is 6.71. The van der Waals surface area contributed by atoms with Gasteiger partial charge in [-0.1, -0.05) is 36.4 Å². The molecule has 0 radical (unpaired) electrons. The molecule has 8 nitrogen and oxygen atoms in total. The van der Waals surface area contributed by atoms with E-state index in [1.807, 2.05) is 30.3 Å². The molecule has 0 spiro atoms. The largest absolute Gasteiger partial charge is 0.480 e. The van der Waals surface area contributed by atoms with Crippen molar-refractivity contribution in [2.75, 3.05) is 13.2 Å². The summed E-state index contributed by atoms with van der Waals surface area (Å²) in [5.74, 6) is -1.67. The number of carbonyl (C=O) groups is 2. The predicted octanol–water partition coefficient (Wildman–Crippen LogP) is 4.43. The molecule has 0 aliphatic heterocycles. The van der Waals surface area contributed by atoms with Crippen LogP contribution in [0.5, 0.6) is 0 Å². The van der Waals surface area contributed by atoms with Gasteiger partial charge in [0.05, 0.1) is 24.9 Å². The normalized spacial score (nSPS) is 12.4. The molecule has 3 aromatic rings. The predicted molar refractivity (Wildman–Crippen MR) is 125 cm³/mol. The molecule has 2 N–H and O–H groups in total. The molecule has 0 unspecified atom stereocenters. The van der Waals surface area contributed by atoms with Crippen molar-refractivity contribution >= 4 is 30.4 Å². The zero-order valence-electron chi connectivity index (χ0n) is 18.6. The molecule has 0 saturated carbocycles. The van der Waals surface area contributed by atoms with E-state index in [0.29, 0.717) is 16.8 Å². The van der Waals surface area contributed by atoms with Gasteiger partial charge in [0.25, 0.3) is 5.91 Å². The highest BCUT2D eigenvalue weighted by Crippen LogP contribution is 2.51. The lowest BCUT2D eigenvalue weighted by atomic mass is 10.1. The molecular weight excluding hydrogens is 443 g/mol. The Kier molecular flexibility index (Phi) is 8.33. The first-order valence-corrected chi connectivity index (χ1v) is 12.4. The van der Waals surface area contributed by atoms with Crippen LogP contribution in [-0.4, -0.2) is 41.2 Å². The number of nitrogens with zero attached hydrogens (tertiary/aromatic N) is 1. The second kappa shape index (κ2) is 11.2. The van der Waals surface area contributed by atoms with Crippen LogP contribution in [0.1, 0.15) is 35.5 Å². The fourth-order valence-corrected chi connectivity index (χ4v) is 5.08. The van der Waals surface area contributed by atoms with Crippen LogP contribution in [0.4, 0.5) is 0 Å². The summed E-state index contributed by atoms with van der Waals surface area (Å²) in [7, 11) is -3.26. The van der Waals surface area contributed by atoms with Gasteiger partial charge in [-0.2, -0.15) is 0 Å². The number of para-hydroxylation sites is 1. The van der Waals surface area contributed by atoms with E-state index in [4.69, 9.17) is 9.05 Å². The van der Waals surface area contributed by atoms with Crippen LogP contribution < -0.4 is 5.32 Å². The number of pyridine rings is 1. The molecule has 0 aliphatic rings. The van der Waals surface area contributed by atoms with Crippen LogP contribution in [0.25, 0.3) is 10.9 Å². The SMILES string of the molecule is CCOP(=O)(Cc1ccc(C(=O)N[C@@H](Cc2ccc3ccccc3n2)C(=O)O)cc1)OCC. The molecule has 0 bridgehead atoms. The Balaban J connectivity index is 1.68. The number of hydrogen-bond donors (Lipinski definition) is 2. The highest BCUT2D eigenvalue weighted by Gasteiger charge is 2.25. The Morgan fingerprint density at radius 1 is 1.00 bits per heavy atom. The first kappa shape index (κ1) is 24.6. The second-order valence-corrected chi connectivity index (χ2v) is 9.42. The molecule has 1 atom stereocenters. The van der Waals surface area contributed by atoms with Gasteiger partial charge in [-0.3, -0.25) is 14.3 Å². The van der Waals surface area contributed by atoms with E-state index in [1.165, 1.54) is 0 Å². The minimum Gasteiger partial charge on any atom is -0.480 e. The van der Waals surface area contributed by atoms with E-state index < -0.39 is 25.5 Å². The third-order valence-electron chi connectivity index (χ3n) is 4.92. The number of carboxylic acids is 1. The number of rotatable bonds is 11. The lowest BCUT2D eigenvalue weighted by molar-refractivity contribution is -0.139. The number of fused-ring (bicyclic) bond motifs is 1. The minimum atomic E-state index is -3.26. The quantitative estimate of drug-likeness (QED) is 0.399. The Labute approximate surface area is 192 Å². The van der Waals surface area contributed by atoms with Gasteiger partial charge in [0.2, 0.25) is 0 Å². The number of benzene rings is 2. The van der Waals surface area contributed by atoms with Crippen molar-refractivity contribution in [2.45, 2.75) is 32.5 Å². The monoisotopic (exact) mass is 470 g/mol. The number of nitrogens with one attached hydrogen (secondary N) is 1. The summed E-state index contributed by atoms with van der Waals surface area (Å²) in [6, 6.07) is 16.5. The van der Waals surface area contributed by atoms with E-state index in [2.05, 4.69) is 10.3 Å². The van der Waals surface area contributed by atoms with Crippen LogP contribution in [0.2, 0.25) is 0 Å². The van der Waals surface area contributed by atoms with Crippen LogP contribution >= 0.6 is 7.60 Å². The Morgan fingerprint density at radius 2 is 1.67 bits per heavy atom. The van der Waals surface area contributed by atoms with Gasteiger partial charge in [-0.25, -0.2) is 4.79 Å². The highest BCUT2D eigenvalue weighted by atomic mass is 31.2. The van der Waals surface area contributed by atoms with Crippen LogP contribution in [0.15, 0.2) is 60.7 Å². The summed E-state index contributed by atoms with van der Waals surface area (Å²) in [6.45, 7) is 4.01. The lowest BCUT2D eigenvalue weighted by Crippen LogP contribution is -2.42. The number of hydrogen-bond acceptors (Lipinski definition) is 6. The Bertz CT molecular complexity index is 1160. The molecule has 33 heavy (non-hydrogen) atoms. The number of aromatic nitrogens is 1. The van der Waals surface area contributed by atoms with E-state index in [1.54, 1.807) is 44.2 Å². The van der Waals surface area contributed by atoms with Crippen molar-refractivity contribution in [3.63, 3.8) is 0 Å². The van der Waals surface area contributed by atoms with Crippen molar-refractivity contribution in [3.05, 3.63) is 77.5 Å². The van der Waals surface area contributed by atoms with Crippen molar-refractivity contribution in [1.82, 2.24) is 10.3 Å². The van der Waals surface area contributed by atoms with Crippen molar-refractivity contribution in [3.8, 4) is 0 Å². The summed E-state index contributed by atoms with van der Waals surface area (Å²) in [5, 5.41) is 13.1. The molecule has 0 aliphatic carbocycles. The van der Waals surface area contributed by atoms with Crippen LogP contribution in [-0.2, 0) is 31.0 Å². The molecule has 3 rings (SSSR count). The highest BCUT2D eigenvalue weighted by molar-refractivity contribution is 7.53. The van der Waals surface area contributed by atoms with E-state index in [9.17, 15) is 19.3 Å². The fourth-order valence-electron chi connectivity index (χ4n) is 3.38. The molecule has 1 amide bonds. The lowest BCUT2D eigenvalue weighted by Gasteiger charge is -2.17. The van der Waals surface area contributed by atoms with Crippen molar-refractivity contribution < 1.29 is 28.3 Å². The van der Waals surface area contributed by atoms with Crippen molar-refractivity contribution in [1.29, 1.82) is 0 Å². The maximum Gasteiger partial charge on any atom is 0.335 e. The van der Waals surface area contributed by atoms with Gasteiger partial charge >= 0.3 is 13.6 Å². The average molecular weight is 470 g/mol. The summed E-state index contributed by atoms with van der Waals surface area (Å²) in [4.78, 5) is 28.9. The Hall–Kier alpha value is -3.06. The zero-order valence-corrected chi connectivity index (χ0v) is 19.5. The average Bonchev–Trinajstić information content (AvgIpc) is 2.79. The number of carboxylic acid groups (broad SMARTS) is 1. The first-order chi connectivity index (χ1) is 15.8. The number of carbonyl (C=O) groups excluding carboxylic acids is 1. The molecule has 0 fully saturated rings. The molecule has 0 saturated heterocycles. The molecule has 1 heterocycles. The second-order valence-electron chi connectivity index (χ2n) is 7.37. The first-order valence-electron chi connectivity index (χ1n) is 10.7. The molecule has 9 heteroatoms. The van der Waals surface area contributed by atoms with E-state index >= 15 is 0 Å². The van der Waals surface area contributed by atoms with E-state index in [-0.39, 0.29) is 25.8 Å². The summed E-state index contributed by atoms with van der Waals surface area (Å²) >= 11 is 0. The van der Waals surface area contributed by atoms with Gasteiger partial charge < -0.3 is 19.5 Å². The summed E-state index contributed by atoms with van der Waals surface area (Å²) < 4.78 is 23.3. The van der Waals surface area contributed by atoms with Crippen molar-refractivity contribution in [2.24, 2.45) is 0 Å². The molecular formula is C24H27N2O6P. The molecule has 2 aromatic carbocycles. The van der Waals surface area contributed by atoms with Gasteiger partial charge in [0, 0.05) is 23.1 Å². The molecule has 174 valence electrons. The summed E-state index contributed by atoms with van der Waals surface area (Å²) in [5.41, 5.74) is 2.31. The third-order valence-corrected chi connectivity index (χ3v) is 6.97. The van der Waals surface area contributed by atoms with Crippen LogP contribution in [0.3, 0.4) is 0 Å². The summed E-state index contributed by atoms with van der Waals surface area (Å²) in [6.07, 6.45) is 0.137. The smallest absolute Gasteiger partial charge is 0.335 e. The fraction of sp³-hybridized carbons (Fsp3) is 0.292. The topological polar surface area (TPSA) is 115 Å². The number of aliphatic carboxylic acids is 1. The zero-order chi connectivity index (χ0) is 23.8. The number of amides is 1. The van der Waals surface area contributed by atoms with Crippen LogP contribution in [0, 0.1) is 0 Å². The minimum absolute atomic E-state index is 0.0515. The van der Waals surface area contributed by atoms with Gasteiger partial charge in [-0.15, -0.1) is 0 Å². The molecule has 1 aromatic heterocycles. The van der Waals surface area contributed by atoms with Gasteiger partial charge in [0.15, 0.2) is 0 Å². The van der Waals surface area contributed by atoms with Gasteiger partial charge in [-0.05, 0) is 43.7 Å². The maximum absolute atomic E-state index is 12.7. The van der Waals surface area contributed by atoms with E-state index in [0.717, 1.165) is 10.9 Å². The standard InChI is InChI=1S/C24H27N2O6P/c1-3-31-33(30,32-4-2)16-17-9-11-19(12-10-17)23(27)26-22(24(28)29)15-20-14-13-18-7-5-6-8-21(18)25-20/h5-14,22H,3-4,15-16H2,1-2H3,(H,26,27)(H,28,29)/t22-/m0/s1.